The average Bonchev–Trinajstić information content (AvgIpc) is 2.69. The van der Waals surface area contributed by atoms with Crippen molar-refractivity contribution >= 4 is 23.1 Å². The first-order valence-electron chi connectivity index (χ1n) is 8.74. The molecule has 1 heterocycles. The molecular weight excluding hydrogens is 340 g/mol. The van der Waals surface area contributed by atoms with Gasteiger partial charge in [-0.05, 0) is 50.2 Å². The Morgan fingerprint density at radius 3 is 2.41 bits per heavy atom. The van der Waals surface area contributed by atoms with Crippen LogP contribution in [0.3, 0.4) is 0 Å². The zero-order chi connectivity index (χ0) is 19.2. The van der Waals surface area contributed by atoms with E-state index >= 15 is 0 Å². The van der Waals surface area contributed by atoms with Crippen molar-refractivity contribution < 1.29 is 9.53 Å². The van der Waals surface area contributed by atoms with Gasteiger partial charge in [-0.3, -0.25) is 4.79 Å². The van der Waals surface area contributed by atoms with Crippen LogP contribution in [0.1, 0.15) is 23.2 Å². The highest BCUT2D eigenvalue weighted by Gasteiger charge is 2.18. The van der Waals surface area contributed by atoms with E-state index in [0.717, 1.165) is 17.1 Å². The van der Waals surface area contributed by atoms with E-state index in [-0.39, 0.29) is 5.91 Å². The van der Waals surface area contributed by atoms with Crippen LogP contribution in [0.5, 0.6) is 5.75 Å². The van der Waals surface area contributed by atoms with Crippen molar-refractivity contribution in [3.05, 3.63) is 72.2 Å². The van der Waals surface area contributed by atoms with E-state index < -0.39 is 0 Å². The minimum absolute atomic E-state index is 0.160. The molecule has 3 rings (SSSR count). The summed E-state index contributed by atoms with van der Waals surface area (Å²) in [6.07, 6.45) is 0. The average molecular weight is 362 g/mol. The quantitative estimate of drug-likeness (QED) is 0.712. The van der Waals surface area contributed by atoms with E-state index in [1.54, 1.807) is 25.0 Å². The number of hydrogen-bond donors (Lipinski definition) is 1. The Labute approximate surface area is 158 Å². The second kappa shape index (κ2) is 8.31. The molecule has 0 aliphatic heterocycles. The number of benzene rings is 2. The number of ether oxygens (including phenoxy) is 1. The summed E-state index contributed by atoms with van der Waals surface area (Å²) in [7, 11) is 1.63. The highest BCUT2D eigenvalue weighted by molar-refractivity contribution is 6.05. The van der Waals surface area contributed by atoms with Gasteiger partial charge in [0.15, 0.2) is 0 Å². The van der Waals surface area contributed by atoms with Crippen LogP contribution in [0.2, 0.25) is 0 Å². The molecule has 0 bridgehead atoms. The van der Waals surface area contributed by atoms with Gasteiger partial charge in [0.2, 0.25) is 0 Å². The monoisotopic (exact) mass is 362 g/mol. The van der Waals surface area contributed by atoms with Gasteiger partial charge in [-0.15, -0.1) is 0 Å². The minimum Gasteiger partial charge on any atom is -0.497 e. The molecule has 138 valence electrons. The predicted octanol–water partition coefficient (Wildman–Crippen LogP) is 4.20. The lowest BCUT2D eigenvalue weighted by Gasteiger charge is -2.21. The Kier molecular flexibility index (Phi) is 5.66. The van der Waals surface area contributed by atoms with Crippen LogP contribution >= 0.6 is 0 Å². The van der Waals surface area contributed by atoms with Gasteiger partial charge in [0.1, 0.15) is 23.1 Å². The fourth-order valence-electron chi connectivity index (χ4n) is 2.75. The molecule has 3 aromatic rings. The lowest BCUT2D eigenvalue weighted by atomic mass is 10.2. The van der Waals surface area contributed by atoms with Crippen molar-refractivity contribution in [3.63, 3.8) is 0 Å². The molecule has 1 amide bonds. The number of carbonyl (C=O) groups is 1. The van der Waals surface area contributed by atoms with E-state index in [1.807, 2.05) is 61.5 Å². The third kappa shape index (κ3) is 4.41. The lowest BCUT2D eigenvalue weighted by molar-refractivity contribution is 0.0983. The smallest absolute Gasteiger partial charge is 0.277 e. The molecule has 0 aliphatic rings. The second-order valence-corrected chi connectivity index (χ2v) is 5.92. The van der Waals surface area contributed by atoms with Crippen LogP contribution in [0, 0.1) is 6.92 Å². The molecule has 1 aromatic heterocycles. The van der Waals surface area contributed by atoms with Gasteiger partial charge in [-0.2, -0.15) is 0 Å². The van der Waals surface area contributed by atoms with Crippen LogP contribution in [0.4, 0.5) is 17.2 Å². The van der Waals surface area contributed by atoms with Crippen molar-refractivity contribution in [1.82, 2.24) is 9.97 Å². The molecule has 2 aromatic carbocycles. The number of nitrogens with one attached hydrogen (secondary N) is 1. The topological polar surface area (TPSA) is 67.4 Å². The second-order valence-electron chi connectivity index (χ2n) is 5.92. The third-order valence-electron chi connectivity index (χ3n) is 4.05. The predicted molar refractivity (Wildman–Crippen MR) is 107 cm³/mol. The summed E-state index contributed by atoms with van der Waals surface area (Å²) in [6.45, 7) is 4.26. The van der Waals surface area contributed by atoms with E-state index in [2.05, 4.69) is 15.3 Å². The fourth-order valence-corrected chi connectivity index (χ4v) is 2.75. The first kappa shape index (κ1) is 18.4. The SMILES string of the molecule is CCN(C(=O)c1cc(Nc2ccc(OC)cc2)nc(C)n1)c1ccccc1. The summed E-state index contributed by atoms with van der Waals surface area (Å²) < 4.78 is 5.17. The molecule has 0 unspecified atom stereocenters. The number of aromatic nitrogens is 2. The van der Waals surface area contributed by atoms with Crippen LogP contribution in [0.25, 0.3) is 0 Å². The standard InChI is InChI=1S/C21H22N4O2/c1-4-25(17-8-6-5-7-9-17)21(26)19-14-20(23-15(2)22-19)24-16-10-12-18(27-3)13-11-16/h5-14H,4H2,1-3H3,(H,22,23,24). The van der Waals surface area contributed by atoms with Crippen molar-refractivity contribution in [1.29, 1.82) is 0 Å². The summed E-state index contributed by atoms with van der Waals surface area (Å²) >= 11 is 0. The van der Waals surface area contributed by atoms with Gasteiger partial charge in [-0.1, -0.05) is 18.2 Å². The van der Waals surface area contributed by atoms with E-state index in [0.29, 0.717) is 23.9 Å². The van der Waals surface area contributed by atoms with Crippen molar-refractivity contribution in [2.24, 2.45) is 0 Å². The summed E-state index contributed by atoms with van der Waals surface area (Å²) in [5, 5.41) is 3.21. The highest BCUT2D eigenvalue weighted by atomic mass is 16.5. The molecule has 0 spiro atoms. The van der Waals surface area contributed by atoms with E-state index in [4.69, 9.17) is 4.74 Å². The molecule has 0 atom stereocenters. The molecule has 0 aliphatic carbocycles. The number of carbonyl (C=O) groups excluding carboxylic acids is 1. The van der Waals surface area contributed by atoms with E-state index in [9.17, 15) is 4.79 Å². The van der Waals surface area contributed by atoms with Crippen molar-refractivity contribution in [3.8, 4) is 5.75 Å². The Morgan fingerprint density at radius 1 is 1.07 bits per heavy atom. The van der Waals surface area contributed by atoms with Crippen LogP contribution in [-0.2, 0) is 0 Å². The van der Waals surface area contributed by atoms with Crippen molar-refractivity contribution in [2.45, 2.75) is 13.8 Å². The van der Waals surface area contributed by atoms with Gasteiger partial charge in [0, 0.05) is 24.0 Å². The number of anilines is 3. The first-order chi connectivity index (χ1) is 13.1. The number of hydrogen-bond acceptors (Lipinski definition) is 5. The molecule has 0 fully saturated rings. The van der Waals surface area contributed by atoms with Crippen LogP contribution < -0.4 is 15.0 Å². The highest BCUT2D eigenvalue weighted by Crippen LogP contribution is 2.21. The van der Waals surface area contributed by atoms with Gasteiger partial charge < -0.3 is 15.0 Å². The van der Waals surface area contributed by atoms with Gasteiger partial charge in [-0.25, -0.2) is 9.97 Å². The number of methoxy groups -OCH3 is 1. The number of amides is 1. The van der Waals surface area contributed by atoms with Crippen LogP contribution in [-0.4, -0.2) is 29.5 Å². The number of aryl methyl sites for hydroxylation is 1. The number of nitrogens with zero attached hydrogens (tertiary/aromatic N) is 3. The summed E-state index contributed by atoms with van der Waals surface area (Å²) in [6, 6.07) is 18.7. The van der Waals surface area contributed by atoms with Gasteiger partial charge in [0.05, 0.1) is 7.11 Å². The minimum atomic E-state index is -0.160. The van der Waals surface area contributed by atoms with Crippen molar-refractivity contribution in [2.75, 3.05) is 23.9 Å². The summed E-state index contributed by atoms with van der Waals surface area (Å²) in [4.78, 5) is 23.4. The summed E-state index contributed by atoms with van der Waals surface area (Å²) in [5.41, 5.74) is 2.04. The van der Waals surface area contributed by atoms with Gasteiger partial charge >= 0.3 is 0 Å². The Morgan fingerprint density at radius 2 is 1.78 bits per heavy atom. The molecule has 6 heteroatoms. The summed E-state index contributed by atoms with van der Waals surface area (Å²) in [5.74, 6) is 1.71. The Bertz CT molecular complexity index is 911. The van der Waals surface area contributed by atoms with E-state index in [1.165, 1.54) is 0 Å². The maximum atomic E-state index is 13.0. The largest absolute Gasteiger partial charge is 0.497 e. The molecular formula is C21H22N4O2. The zero-order valence-electron chi connectivity index (χ0n) is 15.6. The Balaban J connectivity index is 1.86. The third-order valence-corrected chi connectivity index (χ3v) is 4.05. The number of para-hydroxylation sites is 1. The Hall–Kier alpha value is -3.41. The van der Waals surface area contributed by atoms with Crippen LogP contribution in [0.15, 0.2) is 60.7 Å². The maximum Gasteiger partial charge on any atom is 0.277 e. The normalized spacial score (nSPS) is 10.3. The van der Waals surface area contributed by atoms with Gasteiger partial charge in [0.25, 0.3) is 5.91 Å². The maximum absolute atomic E-state index is 13.0. The lowest BCUT2D eigenvalue weighted by Crippen LogP contribution is -2.31. The first-order valence-corrected chi connectivity index (χ1v) is 8.74. The molecule has 27 heavy (non-hydrogen) atoms. The number of rotatable bonds is 6. The fraction of sp³-hybridized carbons (Fsp3) is 0.190. The molecule has 0 saturated heterocycles. The molecule has 0 saturated carbocycles. The zero-order valence-corrected chi connectivity index (χ0v) is 15.6. The molecule has 6 nitrogen and oxygen atoms in total. The molecule has 1 N–H and O–H groups in total. The molecule has 0 radical (unpaired) electrons.